The summed E-state index contributed by atoms with van der Waals surface area (Å²) in [6, 6.07) is 7.12. The highest BCUT2D eigenvalue weighted by molar-refractivity contribution is 7.13. The van der Waals surface area contributed by atoms with E-state index < -0.39 is 0 Å². The maximum absolute atomic E-state index is 12.4. The minimum absolute atomic E-state index is 0.00266. The number of methoxy groups -OCH3 is 1. The Balaban J connectivity index is 1.53. The number of carbonyl (C=O) groups excluding carboxylic acids is 2. The van der Waals surface area contributed by atoms with Gasteiger partial charge in [0.15, 0.2) is 0 Å². The van der Waals surface area contributed by atoms with Crippen molar-refractivity contribution in [3.05, 3.63) is 34.3 Å². The minimum atomic E-state index is -0.273. The van der Waals surface area contributed by atoms with Crippen LogP contribution in [0.3, 0.4) is 0 Å². The molecule has 28 heavy (non-hydrogen) atoms. The Kier molecular flexibility index (Phi) is 6.80. The van der Waals surface area contributed by atoms with Gasteiger partial charge in [0.25, 0.3) is 5.91 Å². The van der Waals surface area contributed by atoms with E-state index in [9.17, 15) is 9.59 Å². The van der Waals surface area contributed by atoms with Crippen LogP contribution in [0.1, 0.15) is 46.9 Å². The number of aromatic nitrogens is 2. The van der Waals surface area contributed by atoms with E-state index in [1.165, 1.54) is 11.3 Å². The van der Waals surface area contributed by atoms with Crippen LogP contribution in [0.15, 0.2) is 24.3 Å². The molecule has 0 aliphatic carbocycles. The van der Waals surface area contributed by atoms with Crippen molar-refractivity contribution in [2.75, 3.05) is 32.1 Å². The van der Waals surface area contributed by atoms with Gasteiger partial charge >= 0.3 is 6.03 Å². The van der Waals surface area contributed by atoms with E-state index in [-0.39, 0.29) is 17.9 Å². The second-order valence-electron chi connectivity index (χ2n) is 6.62. The van der Waals surface area contributed by atoms with Gasteiger partial charge < -0.3 is 20.3 Å². The Labute approximate surface area is 168 Å². The summed E-state index contributed by atoms with van der Waals surface area (Å²) in [7, 11) is 1.60. The van der Waals surface area contributed by atoms with Crippen molar-refractivity contribution in [1.82, 2.24) is 20.4 Å². The van der Waals surface area contributed by atoms with Crippen LogP contribution in [0, 0.1) is 0 Å². The maximum Gasteiger partial charge on any atom is 0.317 e. The van der Waals surface area contributed by atoms with E-state index in [0.717, 1.165) is 30.0 Å². The van der Waals surface area contributed by atoms with E-state index in [4.69, 9.17) is 4.74 Å². The number of nitrogens with one attached hydrogen (secondary N) is 2. The quantitative estimate of drug-likeness (QED) is 0.773. The lowest BCUT2D eigenvalue weighted by molar-refractivity contribution is 0.102. The summed E-state index contributed by atoms with van der Waals surface area (Å²) in [5.74, 6) is 0.687. The lowest BCUT2D eigenvalue weighted by Crippen LogP contribution is -2.44. The Bertz CT molecular complexity index is 800. The number of ether oxygens (including phenoxy) is 1. The molecule has 1 saturated heterocycles. The van der Waals surface area contributed by atoms with Crippen LogP contribution in [0.2, 0.25) is 0 Å². The van der Waals surface area contributed by atoms with Gasteiger partial charge in [0.1, 0.15) is 10.8 Å². The van der Waals surface area contributed by atoms with Gasteiger partial charge in [-0.2, -0.15) is 0 Å². The molecule has 0 saturated carbocycles. The molecule has 1 aromatic carbocycles. The molecule has 2 heterocycles. The van der Waals surface area contributed by atoms with Gasteiger partial charge in [-0.05, 0) is 43.5 Å². The number of benzene rings is 1. The summed E-state index contributed by atoms with van der Waals surface area (Å²) < 4.78 is 5.11. The molecule has 0 atom stereocenters. The Morgan fingerprint density at radius 3 is 2.57 bits per heavy atom. The van der Waals surface area contributed by atoms with Crippen LogP contribution < -0.4 is 15.4 Å². The molecule has 0 spiro atoms. The van der Waals surface area contributed by atoms with Crippen molar-refractivity contribution in [3.63, 3.8) is 0 Å². The molecule has 8 nitrogen and oxygen atoms in total. The second-order valence-corrected chi connectivity index (χ2v) is 7.63. The summed E-state index contributed by atoms with van der Waals surface area (Å²) >= 11 is 1.32. The maximum atomic E-state index is 12.4. The minimum Gasteiger partial charge on any atom is -0.497 e. The summed E-state index contributed by atoms with van der Waals surface area (Å²) in [6.45, 7) is 4.10. The third-order valence-corrected chi connectivity index (χ3v) is 5.72. The smallest absolute Gasteiger partial charge is 0.317 e. The average Bonchev–Trinajstić information content (AvgIpc) is 3.23. The van der Waals surface area contributed by atoms with Crippen molar-refractivity contribution < 1.29 is 14.3 Å². The number of carbonyl (C=O) groups is 2. The van der Waals surface area contributed by atoms with Gasteiger partial charge in [0.2, 0.25) is 5.01 Å². The number of urea groups is 1. The number of nitrogens with zero attached hydrogens (tertiary/aromatic N) is 3. The van der Waals surface area contributed by atoms with Gasteiger partial charge in [0.05, 0.1) is 7.11 Å². The fourth-order valence-corrected chi connectivity index (χ4v) is 3.93. The predicted molar refractivity (Wildman–Crippen MR) is 108 cm³/mol. The first kappa shape index (κ1) is 20.1. The van der Waals surface area contributed by atoms with Gasteiger partial charge in [-0.1, -0.05) is 18.3 Å². The summed E-state index contributed by atoms with van der Waals surface area (Å²) in [5, 5.41) is 15.2. The molecule has 1 aliphatic heterocycles. The van der Waals surface area contributed by atoms with Crippen LogP contribution in [-0.4, -0.2) is 53.8 Å². The molecule has 0 bridgehead atoms. The highest BCUT2D eigenvalue weighted by Crippen LogP contribution is 2.30. The highest BCUT2D eigenvalue weighted by Gasteiger charge is 2.27. The number of piperidine rings is 1. The molecule has 9 heteroatoms. The van der Waals surface area contributed by atoms with E-state index in [2.05, 4.69) is 20.8 Å². The van der Waals surface area contributed by atoms with Gasteiger partial charge in [0, 0.05) is 31.2 Å². The molecule has 0 unspecified atom stereocenters. The molecular formula is C19H25N5O3S. The van der Waals surface area contributed by atoms with Crippen molar-refractivity contribution in [1.29, 1.82) is 0 Å². The molecule has 3 amide bonds. The Morgan fingerprint density at radius 2 is 1.93 bits per heavy atom. The van der Waals surface area contributed by atoms with Crippen molar-refractivity contribution in [2.45, 2.75) is 32.1 Å². The first-order valence-corrected chi connectivity index (χ1v) is 10.2. The molecular weight excluding hydrogens is 378 g/mol. The number of rotatable bonds is 6. The van der Waals surface area contributed by atoms with Crippen LogP contribution >= 0.6 is 11.3 Å². The molecule has 2 N–H and O–H groups in total. The molecule has 1 aromatic heterocycles. The van der Waals surface area contributed by atoms with Crippen molar-refractivity contribution in [3.8, 4) is 5.75 Å². The third kappa shape index (κ3) is 4.98. The zero-order chi connectivity index (χ0) is 19.9. The zero-order valence-electron chi connectivity index (χ0n) is 16.1. The second kappa shape index (κ2) is 9.50. The van der Waals surface area contributed by atoms with Gasteiger partial charge in [-0.25, -0.2) is 4.79 Å². The summed E-state index contributed by atoms with van der Waals surface area (Å²) in [6.07, 6.45) is 2.58. The molecule has 2 aromatic rings. The van der Waals surface area contributed by atoms with E-state index in [1.807, 2.05) is 11.8 Å². The lowest BCUT2D eigenvalue weighted by Gasteiger charge is -2.30. The van der Waals surface area contributed by atoms with Crippen LogP contribution in [0.5, 0.6) is 5.75 Å². The molecule has 3 rings (SSSR count). The summed E-state index contributed by atoms with van der Waals surface area (Å²) in [5.41, 5.74) is 0.675. The molecule has 0 radical (unpaired) electrons. The predicted octanol–water partition coefficient (Wildman–Crippen LogP) is 3.10. The zero-order valence-corrected chi connectivity index (χ0v) is 16.9. The Hall–Kier alpha value is -2.68. The number of hydrogen-bond acceptors (Lipinski definition) is 6. The van der Waals surface area contributed by atoms with E-state index in [1.54, 1.807) is 31.4 Å². The normalized spacial score (nSPS) is 14.6. The molecule has 150 valence electrons. The monoisotopic (exact) mass is 403 g/mol. The van der Waals surface area contributed by atoms with E-state index in [0.29, 0.717) is 30.3 Å². The third-order valence-electron chi connectivity index (χ3n) is 4.64. The molecule has 1 aliphatic rings. The van der Waals surface area contributed by atoms with Crippen molar-refractivity contribution >= 4 is 29.0 Å². The topological polar surface area (TPSA) is 96.5 Å². The number of hydrogen-bond donors (Lipinski definition) is 2. The fourth-order valence-electron chi connectivity index (χ4n) is 3.02. The van der Waals surface area contributed by atoms with Crippen molar-refractivity contribution in [2.24, 2.45) is 0 Å². The number of likely N-dealkylation sites (tertiary alicyclic amines) is 1. The number of anilines is 1. The molecule has 1 fully saturated rings. The van der Waals surface area contributed by atoms with E-state index >= 15 is 0 Å². The standard InChI is InChI=1S/C19H25N5O3S/c1-3-10-20-19(26)24-11-8-13(9-12-24)17-22-23-18(28-17)16(25)21-14-4-6-15(27-2)7-5-14/h4-7,13H,3,8-12H2,1-2H3,(H,20,26)(H,21,25). The van der Waals surface area contributed by atoms with Crippen LogP contribution in [0.25, 0.3) is 0 Å². The van der Waals surface area contributed by atoms with Gasteiger partial charge in [-0.15, -0.1) is 10.2 Å². The van der Waals surface area contributed by atoms with Crippen LogP contribution in [0.4, 0.5) is 10.5 Å². The Morgan fingerprint density at radius 1 is 1.21 bits per heavy atom. The number of amides is 3. The highest BCUT2D eigenvalue weighted by atomic mass is 32.1. The largest absolute Gasteiger partial charge is 0.497 e. The fraction of sp³-hybridized carbons (Fsp3) is 0.474. The lowest BCUT2D eigenvalue weighted by atomic mass is 9.98. The SMILES string of the molecule is CCCNC(=O)N1CCC(c2nnc(C(=O)Nc3ccc(OC)cc3)s2)CC1. The average molecular weight is 404 g/mol. The summed E-state index contributed by atoms with van der Waals surface area (Å²) in [4.78, 5) is 26.3. The first-order chi connectivity index (χ1) is 13.6. The van der Waals surface area contributed by atoms with Gasteiger partial charge in [-0.3, -0.25) is 4.79 Å². The van der Waals surface area contributed by atoms with Crippen LogP contribution in [-0.2, 0) is 0 Å². The first-order valence-electron chi connectivity index (χ1n) is 9.42.